The number of likely N-dealkylation sites (tertiary alicyclic amines) is 1. The summed E-state index contributed by atoms with van der Waals surface area (Å²) < 4.78 is 0. The Kier molecular flexibility index (Phi) is 7.70. The third kappa shape index (κ3) is 4.97. The molecule has 7 heteroatoms. The Morgan fingerprint density at radius 3 is 2.90 bits per heavy atom. The first-order valence-electron chi connectivity index (χ1n) is 6.87. The van der Waals surface area contributed by atoms with Crippen molar-refractivity contribution in [3.8, 4) is 10.6 Å². The zero-order valence-electron chi connectivity index (χ0n) is 11.8. The molecule has 3 heterocycles. The second-order valence-corrected chi connectivity index (χ2v) is 6.40. The van der Waals surface area contributed by atoms with Gasteiger partial charge in [-0.2, -0.15) is 5.10 Å². The number of halogens is 2. The summed E-state index contributed by atoms with van der Waals surface area (Å²) in [6.07, 6.45) is 5.50. The molecule has 1 unspecified atom stereocenters. The molecule has 1 fully saturated rings. The summed E-state index contributed by atoms with van der Waals surface area (Å²) >= 11 is 1.84. The van der Waals surface area contributed by atoms with Gasteiger partial charge in [-0.1, -0.05) is 6.42 Å². The lowest BCUT2D eigenvalue weighted by Crippen LogP contribution is -2.35. The first-order valence-corrected chi connectivity index (χ1v) is 7.69. The number of hydrogen-bond donors (Lipinski definition) is 2. The molecule has 1 aliphatic heterocycles. The van der Waals surface area contributed by atoms with Gasteiger partial charge in [-0.25, -0.2) is 0 Å². The Labute approximate surface area is 141 Å². The Bertz CT molecular complexity index is 515. The van der Waals surface area contributed by atoms with Crippen LogP contribution in [0.5, 0.6) is 0 Å². The van der Waals surface area contributed by atoms with Crippen molar-refractivity contribution in [2.24, 2.45) is 5.73 Å². The molecule has 118 valence electrons. The van der Waals surface area contributed by atoms with Gasteiger partial charge >= 0.3 is 0 Å². The summed E-state index contributed by atoms with van der Waals surface area (Å²) in [5.74, 6) is 0. The largest absolute Gasteiger partial charge is 0.327 e. The van der Waals surface area contributed by atoms with Crippen molar-refractivity contribution in [3.05, 3.63) is 29.3 Å². The molecular weight excluding hydrogens is 327 g/mol. The van der Waals surface area contributed by atoms with Crippen molar-refractivity contribution in [1.29, 1.82) is 0 Å². The van der Waals surface area contributed by atoms with E-state index in [0.717, 1.165) is 18.8 Å². The number of nitrogens with zero attached hydrogens (tertiary/aromatic N) is 2. The predicted molar refractivity (Wildman–Crippen MR) is 93.5 cm³/mol. The number of aromatic amines is 1. The average Bonchev–Trinajstić information content (AvgIpc) is 3.01. The Morgan fingerprint density at radius 1 is 1.29 bits per heavy atom. The molecule has 0 aromatic carbocycles. The van der Waals surface area contributed by atoms with Crippen LogP contribution in [0.25, 0.3) is 10.6 Å². The highest BCUT2D eigenvalue weighted by atomic mass is 35.5. The summed E-state index contributed by atoms with van der Waals surface area (Å²) in [7, 11) is 0. The van der Waals surface area contributed by atoms with Crippen LogP contribution in [-0.2, 0) is 6.54 Å². The molecule has 1 aliphatic rings. The Hall–Kier alpha value is -0.590. The molecule has 0 radical (unpaired) electrons. The summed E-state index contributed by atoms with van der Waals surface area (Å²) in [6, 6.07) is 6.74. The first-order chi connectivity index (χ1) is 9.31. The Balaban J connectivity index is 0.00000110. The van der Waals surface area contributed by atoms with E-state index in [2.05, 4.69) is 27.2 Å². The van der Waals surface area contributed by atoms with Gasteiger partial charge in [0.05, 0.1) is 10.6 Å². The molecule has 2 aromatic rings. The molecule has 1 atom stereocenters. The monoisotopic (exact) mass is 348 g/mol. The van der Waals surface area contributed by atoms with Crippen LogP contribution in [0.2, 0.25) is 0 Å². The van der Waals surface area contributed by atoms with Gasteiger partial charge in [-0.15, -0.1) is 36.2 Å². The zero-order valence-corrected chi connectivity index (χ0v) is 14.3. The molecule has 2 aromatic heterocycles. The third-order valence-corrected chi connectivity index (χ3v) is 4.70. The number of aromatic nitrogens is 2. The van der Waals surface area contributed by atoms with Crippen molar-refractivity contribution in [1.82, 2.24) is 15.1 Å². The van der Waals surface area contributed by atoms with Crippen molar-refractivity contribution >= 4 is 36.2 Å². The normalized spacial score (nSPS) is 19.4. The molecular formula is C14H22Cl2N4S. The first kappa shape index (κ1) is 18.5. The van der Waals surface area contributed by atoms with Gasteiger partial charge in [0.15, 0.2) is 0 Å². The predicted octanol–water partition coefficient (Wildman–Crippen LogP) is 3.30. The lowest BCUT2D eigenvalue weighted by atomic mass is 10.2. The van der Waals surface area contributed by atoms with Crippen molar-refractivity contribution in [2.45, 2.75) is 31.8 Å². The van der Waals surface area contributed by atoms with Crippen LogP contribution in [0.3, 0.4) is 0 Å². The van der Waals surface area contributed by atoms with E-state index in [0.29, 0.717) is 6.04 Å². The van der Waals surface area contributed by atoms with Crippen molar-refractivity contribution in [3.63, 3.8) is 0 Å². The minimum atomic E-state index is 0. The number of hydrogen-bond acceptors (Lipinski definition) is 4. The maximum Gasteiger partial charge on any atom is 0.0749 e. The van der Waals surface area contributed by atoms with E-state index in [1.165, 1.54) is 35.6 Å². The molecule has 0 saturated carbocycles. The van der Waals surface area contributed by atoms with E-state index in [1.807, 2.05) is 17.4 Å². The SMILES string of the molecule is Cl.Cl.NC1CCCCN(Cc2ccc(-c3ccn[nH]3)s2)C1. The highest BCUT2D eigenvalue weighted by Gasteiger charge is 2.16. The summed E-state index contributed by atoms with van der Waals surface area (Å²) in [6.45, 7) is 3.22. The van der Waals surface area contributed by atoms with E-state index >= 15 is 0 Å². The topological polar surface area (TPSA) is 57.9 Å². The van der Waals surface area contributed by atoms with Crippen molar-refractivity contribution < 1.29 is 0 Å². The fraction of sp³-hybridized carbons (Fsp3) is 0.500. The second kappa shape index (κ2) is 8.76. The molecule has 0 bridgehead atoms. The van der Waals surface area contributed by atoms with E-state index in [4.69, 9.17) is 5.73 Å². The number of rotatable bonds is 3. The Morgan fingerprint density at radius 2 is 2.14 bits per heavy atom. The smallest absolute Gasteiger partial charge is 0.0749 e. The van der Waals surface area contributed by atoms with Gasteiger partial charge in [0.2, 0.25) is 0 Å². The van der Waals surface area contributed by atoms with Crippen LogP contribution in [0.4, 0.5) is 0 Å². The standard InChI is InChI=1S/C14H20N4S.2ClH/c15-11-3-1-2-8-18(9-11)10-12-4-5-14(19-12)13-6-7-16-17-13;;/h4-7,11H,1-3,8-10,15H2,(H,16,17);2*1H. The highest BCUT2D eigenvalue weighted by molar-refractivity contribution is 7.15. The van der Waals surface area contributed by atoms with Crippen molar-refractivity contribution in [2.75, 3.05) is 13.1 Å². The van der Waals surface area contributed by atoms with E-state index in [-0.39, 0.29) is 24.8 Å². The van der Waals surface area contributed by atoms with Gasteiger partial charge in [0.1, 0.15) is 0 Å². The molecule has 0 aliphatic carbocycles. The fourth-order valence-corrected chi connectivity index (χ4v) is 3.65. The van der Waals surface area contributed by atoms with Crippen LogP contribution in [0.1, 0.15) is 24.1 Å². The summed E-state index contributed by atoms with van der Waals surface area (Å²) in [5.41, 5.74) is 7.21. The minimum Gasteiger partial charge on any atom is -0.327 e. The van der Waals surface area contributed by atoms with Gasteiger partial charge in [-0.05, 0) is 37.6 Å². The maximum absolute atomic E-state index is 6.11. The molecule has 4 nitrogen and oxygen atoms in total. The van der Waals surface area contributed by atoms with Gasteiger partial charge < -0.3 is 5.73 Å². The summed E-state index contributed by atoms with van der Waals surface area (Å²) in [5, 5.41) is 7.01. The van der Waals surface area contributed by atoms with Gasteiger partial charge in [0, 0.05) is 30.2 Å². The lowest BCUT2D eigenvalue weighted by molar-refractivity contribution is 0.267. The van der Waals surface area contributed by atoms with Crippen LogP contribution in [0, 0.1) is 0 Å². The fourth-order valence-electron chi connectivity index (χ4n) is 2.62. The molecule has 0 spiro atoms. The molecule has 3 N–H and O–H groups in total. The number of H-pyrrole nitrogens is 1. The minimum absolute atomic E-state index is 0. The average molecular weight is 349 g/mol. The quantitative estimate of drug-likeness (QED) is 0.894. The third-order valence-electron chi connectivity index (χ3n) is 3.60. The van der Waals surface area contributed by atoms with Crippen LogP contribution < -0.4 is 5.73 Å². The number of nitrogens with two attached hydrogens (primary N) is 1. The maximum atomic E-state index is 6.11. The van der Waals surface area contributed by atoms with E-state index in [9.17, 15) is 0 Å². The van der Waals surface area contributed by atoms with Gasteiger partial charge in [0.25, 0.3) is 0 Å². The molecule has 0 amide bonds. The number of nitrogens with one attached hydrogen (secondary N) is 1. The molecule has 3 rings (SSSR count). The number of thiophene rings is 1. The molecule has 1 saturated heterocycles. The zero-order chi connectivity index (χ0) is 13.1. The highest BCUT2D eigenvalue weighted by Crippen LogP contribution is 2.27. The van der Waals surface area contributed by atoms with Crippen LogP contribution in [0.15, 0.2) is 24.4 Å². The van der Waals surface area contributed by atoms with Crippen LogP contribution in [-0.4, -0.2) is 34.2 Å². The molecule has 21 heavy (non-hydrogen) atoms. The van der Waals surface area contributed by atoms with Gasteiger partial charge in [-0.3, -0.25) is 10.00 Å². The summed E-state index contributed by atoms with van der Waals surface area (Å²) in [4.78, 5) is 5.14. The second-order valence-electron chi connectivity index (χ2n) is 5.23. The lowest BCUT2D eigenvalue weighted by Gasteiger charge is -2.21. The van der Waals surface area contributed by atoms with E-state index < -0.39 is 0 Å². The van der Waals surface area contributed by atoms with Crippen LogP contribution >= 0.6 is 36.2 Å². The van der Waals surface area contributed by atoms with E-state index in [1.54, 1.807) is 6.20 Å².